The van der Waals surface area contributed by atoms with E-state index < -0.39 is 11.6 Å². The molecule has 0 unspecified atom stereocenters. The first-order valence-electron chi connectivity index (χ1n) is 10.4. The molecule has 10 heteroatoms. The molecule has 32 heavy (non-hydrogen) atoms. The fourth-order valence-electron chi connectivity index (χ4n) is 4.29. The van der Waals surface area contributed by atoms with Gasteiger partial charge in [0.1, 0.15) is 11.3 Å². The van der Waals surface area contributed by atoms with Crippen LogP contribution in [0.1, 0.15) is 47.4 Å². The highest BCUT2D eigenvalue weighted by Crippen LogP contribution is 2.31. The van der Waals surface area contributed by atoms with Gasteiger partial charge < -0.3 is 10.6 Å². The van der Waals surface area contributed by atoms with E-state index in [0.29, 0.717) is 17.9 Å². The summed E-state index contributed by atoms with van der Waals surface area (Å²) < 4.78 is 29.4. The average molecular weight is 437 g/mol. The summed E-state index contributed by atoms with van der Waals surface area (Å²) in [6.07, 6.45) is 4.80. The highest BCUT2D eigenvalue weighted by molar-refractivity contribution is 5.94. The van der Waals surface area contributed by atoms with E-state index in [4.69, 9.17) is 5.73 Å². The zero-order chi connectivity index (χ0) is 22.6. The molecule has 8 nitrogen and oxygen atoms in total. The topological polar surface area (TPSA) is 102 Å². The van der Waals surface area contributed by atoms with E-state index in [9.17, 15) is 13.6 Å². The van der Waals surface area contributed by atoms with E-state index in [1.165, 1.54) is 10.6 Å². The molecule has 0 radical (unpaired) electrons. The van der Waals surface area contributed by atoms with Crippen LogP contribution < -0.4 is 5.73 Å². The SMILES string of the molecule is Cc1cncc(C(=O)N2C[C@H](c3nc4c5cc(F)cc(F)c5nc(N)n4n3)CC[C@@H]2C)c1. The summed E-state index contributed by atoms with van der Waals surface area (Å²) in [6.45, 7) is 4.31. The van der Waals surface area contributed by atoms with Crippen molar-refractivity contribution in [1.29, 1.82) is 0 Å². The third-order valence-electron chi connectivity index (χ3n) is 5.97. The number of anilines is 1. The lowest BCUT2D eigenvalue weighted by Crippen LogP contribution is -2.45. The van der Waals surface area contributed by atoms with Crippen LogP contribution in [0.3, 0.4) is 0 Å². The molecule has 1 aromatic carbocycles. The molecular weight excluding hydrogens is 416 g/mol. The van der Waals surface area contributed by atoms with Crippen molar-refractivity contribution in [1.82, 2.24) is 29.5 Å². The summed E-state index contributed by atoms with van der Waals surface area (Å²) in [5, 5.41) is 4.67. The molecule has 5 rings (SSSR count). The van der Waals surface area contributed by atoms with Crippen molar-refractivity contribution >= 4 is 28.4 Å². The number of amides is 1. The summed E-state index contributed by atoms with van der Waals surface area (Å²) in [7, 11) is 0. The second-order valence-corrected chi connectivity index (χ2v) is 8.29. The van der Waals surface area contributed by atoms with Crippen LogP contribution in [0, 0.1) is 18.6 Å². The van der Waals surface area contributed by atoms with Gasteiger partial charge in [-0.1, -0.05) is 0 Å². The predicted molar refractivity (Wildman–Crippen MR) is 114 cm³/mol. The Labute approximate surface area is 182 Å². The maximum absolute atomic E-state index is 14.2. The maximum atomic E-state index is 14.2. The summed E-state index contributed by atoms with van der Waals surface area (Å²) in [4.78, 5) is 27.7. The second kappa shape index (κ2) is 7.47. The first kappa shape index (κ1) is 20.2. The Morgan fingerprint density at radius 2 is 1.97 bits per heavy atom. The van der Waals surface area contributed by atoms with Gasteiger partial charge in [0.15, 0.2) is 17.3 Å². The minimum Gasteiger partial charge on any atom is -0.368 e. The average Bonchev–Trinajstić information content (AvgIpc) is 3.21. The van der Waals surface area contributed by atoms with E-state index in [1.54, 1.807) is 17.3 Å². The van der Waals surface area contributed by atoms with E-state index in [2.05, 4.69) is 20.1 Å². The number of aryl methyl sites for hydroxylation is 1. The lowest BCUT2D eigenvalue weighted by atomic mass is 9.92. The van der Waals surface area contributed by atoms with Gasteiger partial charge in [0.25, 0.3) is 5.91 Å². The molecule has 2 atom stereocenters. The summed E-state index contributed by atoms with van der Waals surface area (Å²) >= 11 is 0. The molecule has 1 amide bonds. The maximum Gasteiger partial charge on any atom is 0.255 e. The van der Waals surface area contributed by atoms with Crippen molar-refractivity contribution in [2.75, 3.05) is 12.3 Å². The molecule has 1 fully saturated rings. The van der Waals surface area contributed by atoms with Crippen molar-refractivity contribution in [2.24, 2.45) is 0 Å². The molecule has 1 aliphatic heterocycles. The Kier molecular flexibility index (Phi) is 4.72. The van der Waals surface area contributed by atoms with E-state index >= 15 is 0 Å². The third-order valence-corrected chi connectivity index (χ3v) is 5.97. The number of hydrogen-bond acceptors (Lipinski definition) is 6. The van der Waals surface area contributed by atoms with E-state index in [1.807, 2.05) is 19.9 Å². The van der Waals surface area contributed by atoms with Crippen LogP contribution in [0.4, 0.5) is 14.7 Å². The van der Waals surface area contributed by atoms with Crippen LogP contribution in [-0.4, -0.2) is 48.0 Å². The summed E-state index contributed by atoms with van der Waals surface area (Å²) in [5.74, 6) is -1.38. The van der Waals surface area contributed by atoms with Gasteiger partial charge in [-0.2, -0.15) is 4.52 Å². The monoisotopic (exact) mass is 437 g/mol. The molecule has 0 aliphatic carbocycles. The van der Waals surface area contributed by atoms with Gasteiger partial charge in [-0.3, -0.25) is 9.78 Å². The van der Waals surface area contributed by atoms with Gasteiger partial charge in [-0.05, 0) is 44.4 Å². The minimum atomic E-state index is -0.811. The lowest BCUT2D eigenvalue weighted by Gasteiger charge is -2.37. The number of fused-ring (bicyclic) bond motifs is 3. The van der Waals surface area contributed by atoms with Gasteiger partial charge in [0.05, 0.1) is 10.9 Å². The zero-order valence-electron chi connectivity index (χ0n) is 17.6. The number of likely N-dealkylation sites (tertiary alicyclic amines) is 1. The Balaban J connectivity index is 1.53. The van der Waals surface area contributed by atoms with Crippen molar-refractivity contribution in [2.45, 2.75) is 38.6 Å². The molecule has 164 valence electrons. The predicted octanol–water partition coefficient (Wildman–Crippen LogP) is 3.25. The lowest BCUT2D eigenvalue weighted by molar-refractivity contribution is 0.0605. The number of nitrogens with two attached hydrogens (primary N) is 1. The Morgan fingerprint density at radius 1 is 1.16 bits per heavy atom. The number of nitrogen functional groups attached to an aromatic ring is 1. The number of piperidine rings is 1. The molecular formula is C22H21F2N7O. The number of rotatable bonds is 2. The van der Waals surface area contributed by atoms with Crippen LogP contribution in [0.2, 0.25) is 0 Å². The van der Waals surface area contributed by atoms with Gasteiger partial charge in [0, 0.05) is 37.0 Å². The number of carbonyl (C=O) groups is 1. The Morgan fingerprint density at radius 3 is 2.75 bits per heavy atom. The first-order valence-corrected chi connectivity index (χ1v) is 10.4. The van der Waals surface area contributed by atoms with Crippen molar-refractivity contribution < 1.29 is 13.6 Å². The molecule has 2 N–H and O–H groups in total. The number of nitrogens with zero attached hydrogens (tertiary/aromatic N) is 6. The largest absolute Gasteiger partial charge is 0.368 e. The minimum absolute atomic E-state index is 0.0419. The third kappa shape index (κ3) is 3.31. The fraction of sp³-hybridized carbons (Fsp3) is 0.318. The molecule has 0 saturated carbocycles. The van der Waals surface area contributed by atoms with Crippen LogP contribution in [0.25, 0.3) is 16.6 Å². The zero-order valence-corrected chi connectivity index (χ0v) is 17.6. The number of halogens is 2. The fourth-order valence-corrected chi connectivity index (χ4v) is 4.29. The molecule has 0 spiro atoms. The van der Waals surface area contributed by atoms with Gasteiger partial charge in [-0.15, -0.1) is 5.10 Å². The van der Waals surface area contributed by atoms with Crippen molar-refractivity contribution in [3.63, 3.8) is 0 Å². The molecule has 1 saturated heterocycles. The highest BCUT2D eigenvalue weighted by atomic mass is 19.1. The molecule has 3 aromatic heterocycles. The molecule has 0 bridgehead atoms. The normalized spacial score (nSPS) is 19.1. The van der Waals surface area contributed by atoms with Gasteiger partial charge in [0.2, 0.25) is 5.95 Å². The molecule has 4 aromatic rings. The molecule has 4 heterocycles. The van der Waals surface area contributed by atoms with Crippen molar-refractivity contribution in [3.8, 4) is 0 Å². The Hall–Kier alpha value is -3.69. The van der Waals surface area contributed by atoms with Crippen LogP contribution >= 0.6 is 0 Å². The quantitative estimate of drug-likeness (QED) is 0.517. The van der Waals surface area contributed by atoms with Crippen LogP contribution in [0.5, 0.6) is 0 Å². The number of aromatic nitrogens is 5. The van der Waals surface area contributed by atoms with Crippen LogP contribution in [-0.2, 0) is 0 Å². The smallest absolute Gasteiger partial charge is 0.255 e. The second-order valence-electron chi connectivity index (χ2n) is 8.29. The standard InChI is InChI=1S/C22H21F2N7O/c1-11-5-14(9-26-8-11)21(32)30-10-13(4-3-12(30)2)19-28-20-16-6-15(23)7-17(24)18(16)27-22(25)31(20)29-19/h5-9,12-13H,3-4,10H2,1-2H3,(H2,25,27)/t12-,13+/m0/s1. The highest BCUT2D eigenvalue weighted by Gasteiger charge is 2.33. The van der Waals surface area contributed by atoms with Gasteiger partial charge >= 0.3 is 0 Å². The molecule has 1 aliphatic rings. The van der Waals surface area contributed by atoms with E-state index in [-0.39, 0.29) is 40.4 Å². The van der Waals surface area contributed by atoms with Crippen LogP contribution in [0.15, 0.2) is 30.6 Å². The Bertz CT molecular complexity index is 1370. The first-order chi connectivity index (χ1) is 15.3. The van der Waals surface area contributed by atoms with Gasteiger partial charge in [-0.25, -0.2) is 18.7 Å². The number of carbonyl (C=O) groups excluding carboxylic acids is 1. The summed E-state index contributed by atoms with van der Waals surface area (Å²) in [6, 6.07) is 3.79. The number of hydrogen-bond donors (Lipinski definition) is 1. The number of benzene rings is 1. The number of pyridine rings is 1. The van der Waals surface area contributed by atoms with E-state index in [0.717, 1.165) is 24.5 Å². The summed E-state index contributed by atoms with van der Waals surface area (Å²) in [5.41, 5.74) is 7.60. The van der Waals surface area contributed by atoms with Crippen molar-refractivity contribution in [3.05, 3.63) is 59.2 Å².